The van der Waals surface area contributed by atoms with E-state index in [9.17, 15) is 14.0 Å². The fraction of sp³-hybridized carbons (Fsp3) is 0.391. The number of nitrogens with zero attached hydrogens (tertiary/aromatic N) is 1. The number of piperidine rings is 1. The maximum Gasteiger partial charge on any atom is 0.226 e. The molecule has 0 bridgehead atoms. The molecular formula is C23H27FN2O3. The minimum Gasteiger partial charge on any atom is -0.496 e. The molecule has 2 amide bonds. The van der Waals surface area contributed by atoms with Gasteiger partial charge in [-0.2, -0.15) is 0 Å². The fourth-order valence-electron chi connectivity index (χ4n) is 3.65. The van der Waals surface area contributed by atoms with Gasteiger partial charge in [-0.25, -0.2) is 4.39 Å². The van der Waals surface area contributed by atoms with E-state index in [-0.39, 0.29) is 30.0 Å². The van der Waals surface area contributed by atoms with E-state index in [1.807, 2.05) is 24.3 Å². The van der Waals surface area contributed by atoms with Gasteiger partial charge >= 0.3 is 0 Å². The molecule has 1 N–H and O–H groups in total. The van der Waals surface area contributed by atoms with Crippen LogP contribution in [0.15, 0.2) is 48.5 Å². The van der Waals surface area contributed by atoms with Crippen molar-refractivity contribution in [2.24, 2.45) is 5.92 Å². The topological polar surface area (TPSA) is 58.6 Å². The molecule has 0 saturated carbocycles. The zero-order valence-corrected chi connectivity index (χ0v) is 16.7. The van der Waals surface area contributed by atoms with Crippen LogP contribution in [0.25, 0.3) is 0 Å². The summed E-state index contributed by atoms with van der Waals surface area (Å²) in [5.74, 6) is 0.521. The van der Waals surface area contributed by atoms with Crippen LogP contribution >= 0.6 is 0 Å². The molecular weight excluding hydrogens is 371 g/mol. The fourth-order valence-corrected chi connectivity index (χ4v) is 3.65. The molecule has 3 rings (SSSR count). The van der Waals surface area contributed by atoms with Crippen LogP contribution in [0, 0.1) is 11.7 Å². The smallest absolute Gasteiger partial charge is 0.226 e. The molecule has 0 spiro atoms. The molecule has 0 radical (unpaired) electrons. The highest BCUT2D eigenvalue weighted by atomic mass is 19.1. The van der Waals surface area contributed by atoms with Gasteiger partial charge in [-0.05, 0) is 48.6 Å². The van der Waals surface area contributed by atoms with Crippen LogP contribution in [0.2, 0.25) is 0 Å². The predicted molar refractivity (Wildman–Crippen MR) is 109 cm³/mol. The number of amides is 2. The Balaban J connectivity index is 1.41. The molecule has 0 unspecified atom stereocenters. The highest BCUT2D eigenvalue weighted by Crippen LogP contribution is 2.20. The Morgan fingerprint density at radius 1 is 1.10 bits per heavy atom. The van der Waals surface area contributed by atoms with Gasteiger partial charge in [0.15, 0.2) is 0 Å². The largest absolute Gasteiger partial charge is 0.496 e. The van der Waals surface area contributed by atoms with Crippen molar-refractivity contribution in [2.75, 3.05) is 26.7 Å². The first-order valence-electron chi connectivity index (χ1n) is 9.98. The van der Waals surface area contributed by atoms with Crippen molar-refractivity contribution >= 4 is 11.8 Å². The van der Waals surface area contributed by atoms with E-state index in [1.54, 1.807) is 24.1 Å². The van der Waals surface area contributed by atoms with E-state index >= 15 is 0 Å². The number of benzene rings is 2. The lowest BCUT2D eigenvalue weighted by Crippen LogP contribution is -2.43. The monoisotopic (exact) mass is 398 g/mol. The van der Waals surface area contributed by atoms with E-state index in [0.717, 1.165) is 16.9 Å². The van der Waals surface area contributed by atoms with Gasteiger partial charge in [-0.15, -0.1) is 0 Å². The SMILES string of the molecule is COc1ccccc1CCNC(=O)C1CCN(C(=O)Cc2ccc(F)cc2)CC1. The average Bonchev–Trinajstić information content (AvgIpc) is 2.75. The third-order valence-corrected chi connectivity index (χ3v) is 5.37. The molecule has 1 heterocycles. The number of methoxy groups -OCH3 is 1. The van der Waals surface area contributed by atoms with E-state index in [4.69, 9.17) is 4.74 Å². The number of hydrogen-bond acceptors (Lipinski definition) is 3. The molecule has 1 aliphatic rings. The molecule has 2 aromatic rings. The summed E-state index contributed by atoms with van der Waals surface area (Å²) < 4.78 is 18.3. The van der Waals surface area contributed by atoms with Crippen molar-refractivity contribution in [1.29, 1.82) is 0 Å². The summed E-state index contributed by atoms with van der Waals surface area (Å²) in [5, 5.41) is 3.01. The minimum absolute atomic E-state index is 0.0200. The van der Waals surface area contributed by atoms with Crippen molar-refractivity contribution in [3.63, 3.8) is 0 Å². The Morgan fingerprint density at radius 2 is 1.79 bits per heavy atom. The predicted octanol–water partition coefficient (Wildman–Crippen LogP) is 2.97. The van der Waals surface area contributed by atoms with Crippen molar-refractivity contribution in [3.05, 3.63) is 65.5 Å². The third-order valence-electron chi connectivity index (χ3n) is 5.37. The first kappa shape index (κ1) is 20.8. The normalized spacial score (nSPS) is 14.5. The second kappa shape index (κ2) is 10.0. The summed E-state index contributed by atoms with van der Waals surface area (Å²) in [5.41, 5.74) is 1.86. The van der Waals surface area contributed by atoms with Gasteiger partial charge in [0.2, 0.25) is 11.8 Å². The average molecular weight is 398 g/mol. The molecule has 2 aromatic carbocycles. The summed E-state index contributed by atoms with van der Waals surface area (Å²) >= 11 is 0. The van der Waals surface area contributed by atoms with Gasteiger partial charge in [0.25, 0.3) is 0 Å². The summed E-state index contributed by atoms with van der Waals surface area (Å²) in [7, 11) is 1.64. The van der Waals surface area contributed by atoms with E-state index in [0.29, 0.717) is 38.9 Å². The minimum atomic E-state index is -0.307. The number of halogens is 1. The van der Waals surface area contributed by atoms with Crippen LogP contribution < -0.4 is 10.1 Å². The Hall–Kier alpha value is -2.89. The van der Waals surface area contributed by atoms with E-state index < -0.39 is 0 Å². The summed E-state index contributed by atoms with van der Waals surface area (Å²) in [4.78, 5) is 26.7. The molecule has 1 aliphatic heterocycles. The molecule has 154 valence electrons. The number of carbonyl (C=O) groups excluding carboxylic acids is 2. The molecule has 1 fully saturated rings. The Morgan fingerprint density at radius 3 is 2.48 bits per heavy atom. The number of ether oxygens (including phenoxy) is 1. The van der Waals surface area contributed by atoms with Crippen LogP contribution in [0.5, 0.6) is 5.75 Å². The van der Waals surface area contributed by atoms with Gasteiger partial charge in [-0.3, -0.25) is 9.59 Å². The third kappa shape index (κ3) is 5.79. The molecule has 0 atom stereocenters. The van der Waals surface area contributed by atoms with E-state index in [2.05, 4.69) is 5.32 Å². The Kier molecular flexibility index (Phi) is 7.22. The number of rotatable bonds is 7. The lowest BCUT2D eigenvalue weighted by molar-refractivity contribution is -0.135. The molecule has 6 heteroatoms. The second-order valence-electron chi connectivity index (χ2n) is 7.31. The highest BCUT2D eigenvalue weighted by Gasteiger charge is 2.27. The maximum absolute atomic E-state index is 13.0. The summed E-state index contributed by atoms with van der Waals surface area (Å²) in [6, 6.07) is 13.8. The first-order valence-corrected chi connectivity index (χ1v) is 9.98. The standard InChI is InChI=1S/C23H27FN2O3/c1-29-21-5-3-2-4-18(21)10-13-25-23(28)19-11-14-26(15-12-19)22(27)16-17-6-8-20(24)9-7-17/h2-9,19H,10-16H2,1H3,(H,25,28). The number of likely N-dealkylation sites (tertiary alicyclic amines) is 1. The maximum atomic E-state index is 13.0. The van der Waals surface area contributed by atoms with Crippen LogP contribution in [0.4, 0.5) is 4.39 Å². The number of carbonyl (C=O) groups is 2. The molecule has 5 nitrogen and oxygen atoms in total. The van der Waals surface area contributed by atoms with Crippen molar-refractivity contribution in [1.82, 2.24) is 10.2 Å². The second-order valence-corrected chi connectivity index (χ2v) is 7.31. The summed E-state index contributed by atoms with van der Waals surface area (Å²) in [6.07, 6.45) is 2.30. The van der Waals surface area contributed by atoms with Crippen LogP contribution in [-0.2, 0) is 22.4 Å². The zero-order chi connectivity index (χ0) is 20.6. The van der Waals surface area contributed by atoms with Crippen molar-refractivity contribution < 1.29 is 18.7 Å². The van der Waals surface area contributed by atoms with Crippen molar-refractivity contribution in [3.8, 4) is 5.75 Å². The number of hydrogen-bond donors (Lipinski definition) is 1. The van der Waals surface area contributed by atoms with Crippen LogP contribution in [0.1, 0.15) is 24.0 Å². The lowest BCUT2D eigenvalue weighted by atomic mass is 9.95. The molecule has 0 aliphatic carbocycles. The van der Waals surface area contributed by atoms with Gasteiger partial charge in [0.1, 0.15) is 11.6 Å². The van der Waals surface area contributed by atoms with Crippen LogP contribution in [0.3, 0.4) is 0 Å². The first-order chi connectivity index (χ1) is 14.1. The van der Waals surface area contributed by atoms with Gasteiger partial charge in [-0.1, -0.05) is 30.3 Å². The number of nitrogens with one attached hydrogen (secondary N) is 1. The lowest BCUT2D eigenvalue weighted by Gasteiger charge is -2.31. The molecule has 1 saturated heterocycles. The Labute approximate surface area is 170 Å². The number of para-hydroxylation sites is 1. The van der Waals surface area contributed by atoms with Crippen molar-refractivity contribution in [2.45, 2.75) is 25.7 Å². The van der Waals surface area contributed by atoms with Crippen LogP contribution in [-0.4, -0.2) is 43.5 Å². The molecule has 0 aromatic heterocycles. The summed E-state index contributed by atoms with van der Waals surface area (Å²) in [6.45, 7) is 1.71. The zero-order valence-electron chi connectivity index (χ0n) is 16.7. The quantitative estimate of drug-likeness (QED) is 0.780. The van der Waals surface area contributed by atoms with Gasteiger partial charge in [0.05, 0.1) is 13.5 Å². The highest BCUT2D eigenvalue weighted by molar-refractivity contribution is 5.81. The molecule has 29 heavy (non-hydrogen) atoms. The van der Waals surface area contributed by atoms with Gasteiger partial charge in [0, 0.05) is 25.6 Å². The van der Waals surface area contributed by atoms with E-state index in [1.165, 1.54) is 12.1 Å². The Bertz CT molecular complexity index is 830. The van der Waals surface area contributed by atoms with Gasteiger partial charge < -0.3 is 15.0 Å².